The molecule has 1 aromatic carbocycles. The fourth-order valence-corrected chi connectivity index (χ4v) is 3.42. The SMILES string of the molecule is CCCCCCNCc1cc(Br)c(OCC)c(Br)c1. The number of hydrogen-bond donors (Lipinski definition) is 1. The van der Waals surface area contributed by atoms with Crippen molar-refractivity contribution in [1.29, 1.82) is 0 Å². The quantitative estimate of drug-likeness (QED) is 0.577. The third-order valence-electron chi connectivity index (χ3n) is 2.88. The summed E-state index contributed by atoms with van der Waals surface area (Å²) in [5.74, 6) is 0.884. The van der Waals surface area contributed by atoms with Crippen LogP contribution in [0.2, 0.25) is 0 Å². The molecule has 0 bridgehead atoms. The topological polar surface area (TPSA) is 21.3 Å². The molecule has 0 atom stereocenters. The average Bonchev–Trinajstić information content (AvgIpc) is 2.38. The van der Waals surface area contributed by atoms with Gasteiger partial charge in [0.15, 0.2) is 0 Å². The van der Waals surface area contributed by atoms with Gasteiger partial charge < -0.3 is 10.1 Å². The minimum atomic E-state index is 0.673. The lowest BCUT2D eigenvalue weighted by atomic mass is 10.2. The highest BCUT2D eigenvalue weighted by atomic mass is 79.9. The Kier molecular flexibility index (Phi) is 8.75. The first-order valence-corrected chi connectivity index (χ1v) is 8.59. The predicted octanol–water partition coefficient (Wildman–Crippen LogP) is 5.28. The Hall–Kier alpha value is -0.0600. The van der Waals surface area contributed by atoms with Crippen LogP contribution in [0.4, 0.5) is 0 Å². The van der Waals surface area contributed by atoms with Crippen molar-refractivity contribution in [2.75, 3.05) is 13.2 Å². The van der Waals surface area contributed by atoms with Gasteiger partial charge in [-0.25, -0.2) is 0 Å². The highest BCUT2D eigenvalue weighted by Gasteiger charge is 2.08. The molecule has 0 spiro atoms. The molecule has 0 aliphatic rings. The maximum atomic E-state index is 5.58. The number of rotatable bonds is 9. The molecule has 2 nitrogen and oxygen atoms in total. The van der Waals surface area contributed by atoms with E-state index in [0.717, 1.165) is 27.8 Å². The molecular weight excluding hydrogens is 370 g/mol. The summed E-state index contributed by atoms with van der Waals surface area (Å²) in [5.41, 5.74) is 1.26. The van der Waals surface area contributed by atoms with Crippen molar-refractivity contribution in [1.82, 2.24) is 5.32 Å². The van der Waals surface area contributed by atoms with E-state index in [4.69, 9.17) is 4.74 Å². The Balaban J connectivity index is 2.42. The first-order chi connectivity index (χ1) is 9.19. The van der Waals surface area contributed by atoms with Crippen LogP contribution < -0.4 is 10.1 Å². The van der Waals surface area contributed by atoms with E-state index in [1.165, 1.54) is 31.2 Å². The molecule has 108 valence electrons. The number of unbranched alkanes of at least 4 members (excludes halogenated alkanes) is 3. The van der Waals surface area contributed by atoms with Crippen LogP contribution in [0.5, 0.6) is 5.75 Å². The zero-order chi connectivity index (χ0) is 14.1. The summed E-state index contributed by atoms with van der Waals surface area (Å²) in [5, 5.41) is 3.48. The summed E-state index contributed by atoms with van der Waals surface area (Å²) in [4.78, 5) is 0. The van der Waals surface area contributed by atoms with Crippen LogP contribution >= 0.6 is 31.9 Å². The Morgan fingerprint density at radius 1 is 1.05 bits per heavy atom. The number of ether oxygens (including phenoxy) is 1. The number of benzene rings is 1. The van der Waals surface area contributed by atoms with Crippen molar-refractivity contribution in [3.63, 3.8) is 0 Å². The summed E-state index contributed by atoms with van der Waals surface area (Å²) in [7, 11) is 0. The zero-order valence-electron chi connectivity index (χ0n) is 11.8. The lowest BCUT2D eigenvalue weighted by Crippen LogP contribution is -2.14. The van der Waals surface area contributed by atoms with Gasteiger partial charge in [-0.15, -0.1) is 0 Å². The molecule has 0 saturated heterocycles. The predicted molar refractivity (Wildman–Crippen MR) is 88.9 cm³/mol. The second kappa shape index (κ2) is 9.78. The van der Waals surface area contributed by atoms with Gasteiger partial charge in [0.05, 0.1) is 15.6 Å². The summed E-state index contributed by atoms with van der Waals surface area (Å²) in [6, 6.07) is 4.24. The molecule has 0 unspecified atom stereocenters. The molecule has 4 heteroatoms. The lowest BCUT2D eigenvalue weighted by molar-refractivity contribution is 0.336. The van der Waals surface area contributed by atoms with E-state index >= 15 is 0 Å². The van der Waals surface area contributed by atoms with Crippen LogP contribution in [0, 0.1) is 0 Å². The Bertz CT molecular complexity index is 359. The minimum Gasteiger partial charge on any atom is -0.492 e. The van der Waals surface area contributed by atoms with Crippen LogP contribution in [0.3, 0.4) is 0 Å². The standard InChI is InChI=1S/C15H23Br2NO/c1-3-5-6-7-8-18-11-12-9-13(16)15(19-4-2)14(17)10-12/h9-10,18H,3-8,11H2,1-2H3. The molecule has 0 aliphatic heterocycles. The molecule has 0 heterocycles. The summed E-state index contributed by atoms with van der Waals surface area (Å²) in [6.07, 6.45) is 5.20. The summed E-state index contributed by atoms with van der Waals surface area (Å²) in [6.45, 7) is 6.89. The second-order valence-electron chi connectivity index (χ2n) is 4.56. The fourth-order valence-electron chi connectivity index (χ4n) is 1.91. The largest absolute Gasteiger partial charge is 0.492 e. The van der Waals surface area contributed by atoms with Crippen molar-refractivity contribution in [3.05, 3.63) is 26.6 Å². The lowest BCUT2D eigenvalue weighted by Gasteiger charge is -2.11. The molecule has 19 heavy (non-hydrogen) atoms. The van der Waals surface area contributed by atoms with Crippen molar-refractivity contribution < 1.29 is 4.74 Å². The first-order valence-electron chi connectivity index (χ1n) is 7.00. The van der Waals surface area contributed by atoms with E-state index in [2.05, 4.69) is 56.2 Å². The number of nitrogens with one attached hydrogen (secondary N) is 1. The zero-order valence-corrected chi connectivity index (χ0v) is 14.9. The monoisotopic (exact) mass is 391 g/mol. The van der Waals surface area contributed by atoms with Gasteiger partial charge in [0.2, 0.25) is 0 Å². The highest BCUT2D eigenvalue weighted by Crippen LogP contribution is 2.34. The number of halogens is 2. The van der Waals surface area contributed by atoms with E-state index in [1.807, 2.05) is 6.92 Å². The van der Waals surface area contributed by atoms with E-state index in [1.54, 1.807) is 0 Å². The molecular formula is C15H23Br2NO. The van der Waals surface area contributed by atoms with E-state index in [-0.39, 0.29) is 0 Å². The number of hydrogen-bond acceptors (Lipinski definition) is 2. The maximum absolute atomic E-state index is 5.58. The van der Waals surface area contributed by atoms with Crippen LogP contribution in [0.1, 0.15) is 45.1 Å². The van der Waals surface area contributed by atoms with Crippen molar-refractivity contribution in [2.45, 2.75) is 46.1 Å². The van der Waals surface area contributed by atoms with Gasteiger partial charge in [-0.05, 0) is 69.4 Å². The normalized spacial score (nSPS) is 10.7. The van der Waals surface area contributed by atoms with Crippen molar-refractivity contribution in [2.24, 2.45) is 0 Å². The van der Waals surface area contributed by atoms with Crippen LogP contribution in [0.25, 0.3) is 0 Å². The average molecular weight is 393 g/mol. The van der Waals surface area contributed by atoms with Gasteiger partial charge in [-0.3, -0.25) is 0 Å². The van der Waals surface area contributed by atoms with Gasteiger partial charge in [-0.2, -0.15) is 0 Å². The van der Waals surface area contributed by atoms with Gasteiger partial charge in [0.1, 0.15) is 5.75 Å². The smallest absolute Gasteiger partial charge is 0.147 e. The van der Waals surface area contributed by atoms with Gasteiger partial charge in [0, 0.05) is 6.54 Å². The molecule has 0 aromatic heterocycles. The molecule has 0 aliphatic carbocycles. The molecule has 1 N–H and O–H groups in total. The fraction of sp³-hybridized carbons (Fsp3) is 0.600. The highest BCUT2D eigenvalue weighted by molar-refractivity contribution is 9.11. The van der Waals surface area contributed by atoms with Crippen molar-refractivity contribution >= 4 is 31.9 Å². The third kappa shape index (κ3) is 6.28. The van der Waals surface area contributed by atoms with Crippen LogP contribution in [-0.4, -0.2) is 13.2 Å². The van der Waals surface area contributed by atoms with Gasteiger partial charge in [-0.1, -0.05) is 26.2 Å². The van der Waals surface area contributed by atoms with E-state index in [0.29, 0.717) is 6.61 Å². The maximum Gasteiger partial charge on any atom is 0.147 e. The van der Waals surface area contributed by atoms with Gasteiger partial charge in [0.25, 0.3) is 0 Å². The summed E-state index contributed by atoms with van der Waals surface area (Å²) >= 11 is 7.12. The Labute approximate surface area is 133 Å². The van der Waals surface area contributed by atoms with Crippen LogP contribution in [0.15, 0.2) is 21.1 Å². The first kappa shape index (κ1) is 17.0. The molecule has 1 aromatic rings. The Morgan fingerprint density at radius 3 is 2.32 bits per heavy atom. The molecule has 0 radical (unpaired) electrons. The summed E-state index contributed by atoms with van der Waals surface area (Å²) < 4.78 is 7.59. The van der Waals surface area contributed by atoms with Crippen LogP contribution in [-0.2, 0) is 6.54 Å². The minimum absolute atomic E-state index is 0.673. The van der Waals surface area contributed by atoms with Gasteiger partial charge >= 0.3 is 0 Å². The Morgan fingerprint density at radius 2 is 1.74 bits per heavy atom. The van der Waals surface area contributed by atoms with Crippen molar-refractivity contribution in [3.8, 4) is 5.75 Å². The molecule has 0 amide bonds. The molecule has 0 fully saturated rings. The second-order valence-corrected chi connectivity index (χ2v) is 6.27. The third-order valence-corrected chi connectivity index (χ3v) is 4.06. The van der Waals surface area contributed by atoms with E-state index in [9.17, 15) is 0 Å². The molecule has 1 rings (SSSR count). The molecule has 0 saturated carbocycles. The van der Waals surface area contributed by atoms with E-state index < -0.39 is 0 Å².